The summed E-state index contributed by atoms with van der Waals surface area (Å²) >= 11 is 0. The molecule has 1 fully saturated rings. The van der Waals surface area contributed by atoms with Crippen molar-refractivity contribution >= 4 is 12.2 Å². The fraction of sp³-hybridized carbons (Fsp3) is 0.600. The fourth-order valence-corrected chi connectivity index (χ4v) is 4.62. The highest BCUT2D eigenvalue weighted by atomic mass is 16.6. The topological polar surface area (TPSA) is 87.7 Å². The van der Waals surface area contributed by atoms with Crippen LogP contribution in [0.25, 0.3) is 0 Å². The second-order valence-electron chi connectivity index (χ2n) is 8.36. The van der Waals surface area contributed by atoms with E-state index in [9.17, 15) is 9.59 Å². The predicted octanol–water partition coefficient (Wildman–Crippen LogP) is 4.41. The lowest BCUT2D eigenvalue weighted by molar-refractivity contribution is 0.0383. The summed E-state index contributed by atoms with van der Waals surface area (Å²) in [5.41, 5.74) is -0.238. The van der Waals surface area contributed by atoms with Gasteiger partial charge in [-0.3, -0.25) is 0 Å². The van der Waals surface area contributed by atoms with Gasteiger partial charge in [0.05, 0.1) is 0 Å². The van der Waals surface area contributed by atoms with Crippen LogP contribution >= 0.6 is 0 Å². The summed E-state index contributed by atoms with van der Waals surface area (Å²) in [6.45, 7) is 8.45. The molecule has 6 nitrogen and oxygen atoms in total. The fourth-order valence-electron chi connectivity index (χ4n) is 4.62. The van der Waals surface area contributed by atoms with Crippen LogP contribution < -0.4 is 15.4 Å². The number of benzene rings is 1. The van der Waals surface area contributed by atoms with Crippen molar-refractivity contribution < 1.29 is 19.4 Å². The van der Waals surface area contributed by atoms with Crippen LogP contribution in [0, 0.1) is 10.8 Å². The Morgan fingerprint density at radius 3 is 2.46 bits per heavy atom. The number of carbonyl (C=O) groups excluding carboxylic acids is 1. The molecule has 0 heterocycles. The lowest BCUT2D eigenvalue weighted by Crippen LogP contribution is -2.55. The Bertz CT molecular complexity index is 632. The van der Waals surface area contributed by atoms with Crippen LogP contribution in [0.1, 0.15) is 53.4 Å². The van der Waals surface area contributed by atoms with Gasteiger partial charge in [0.1, 0.15) is 5.75 Å². The van der Waals surface area contributed by atoms with Gasteiger partial charge < -0.3 is 20.5 Å². The molecular weight excluding hydrogens is 332 g/mol. The summed E-state index contributed by atoms with van der Waals surface area (Å²) in [5.74, 6) is 0.499. The molecule has 0 aliphatic heterocycles. The molecule has 26 heavy (non-hydrogen) atoms. The van der Waals surface area contributed by atoms with E-state index in [-0.39, 0.29) is 22.9 Å². The summed E-state index contributed by atoms with van der Waals surface area (Å²) in [6.07, 6.45) is 1.65. The molecule has 0 spiro atoms. The number of para-hydroxylation sites is 1. The van der Waals surface area contributed by atoms with Crippen LogP contribution in [0.5, 0.6) is 5.75 Å². The Balaban J connectivity index is 2.10. The molecule has 0 radical (unpaired) electrons. The molecule has 0 aromatic heterocycles. The SMILES string of the molecule is CCC(NC(=O)Oc1ccccc1)C1(C)CC(NC(=O)O)CC(C)(C)C1. The molecule has 1 aliphatic rings. The number of rotatable bonds is 5. The van der Waals surface area contributed by atoms with Gasteiger partial charge in [-0.1, -0.05) is 45.9 Å². The van der Waals surface area contributed by atoms with E-state index in [1.807, 2.05) is 25.1 Å². The Kier molecular flexibility index (Phi) is 6.16. The highest BCUT2D eigenvalue weighted by Gasteiger charge is 2.46. The second kappa shape index (κ2) is 7.98. The number of ether oxygens (including phenoxy) is 1. The molecule has 3 N–H and O–H groups in total. The molecule has 1 aromatic rings. The highest BCUT2D eigenvalue weighted by Crippen LogP contribution is 2.48. The number of amides is 2. The minimum atomic E-state index is -1.00. The maximum atomic E-state index is 12.3. The third-order valence-electron chi connectivity index (χ3n) is 5.22. The van der Waals surface area contributed by atoms with E-state index >= 15 is 0 Å². The van der Waals surface area contributed by atoms with Crippen molar-refractivity contribution in [3.63, 3.8) is 0 Å². The van der Waals surface area contributed by atoms with Crippen molar-refractivity contribution in [2.24, 2.45) is 10.8 Å². The van der Waals surface area contributed by atoms with Gasteiger partial charge >= 0.3 is 12.2 Å². The van der Waals surface area contributed by atoms with Crippen molar-refractivity contribution in [2.45, 2.75) is 65.5 Å². The van der Waals surface area contributed by atoms with Gasteiger partial charge in [-0.25, -0.2) is 9.59 Å². The van der Waals surface area contributed by atoms with Crippen LogP contribution in [0.3, 0.4) is 0 Å². The minimum Gasteiger partial charge on any atom is -0.465 e. The predicted molar refractivity (Wildman–Crippen MR) is 100 cm³/mol. The maximum absolute atomic E-state index is 12.3. The molecule has 1 saturated carbocycles. The lowest BCUT2D eigenvalue weighted by Gasteiger charge is -2.50. The van der Waals surface area contributed by atoms with Crippen LogP contribution in [0.15, 0.2) is 30.3 Å². The van der Waals surface area contributed by atoms with E-state index in [4.69, 9.17) is 9.84 Å². The normalized spacial score (nSPS) is 25.8. The number of nitrogens with one attached hydrogen (secondary N) is 2. The average molecular weight is 362 g/mol. The summed E-state index contributed by atoms with van der Waals surface area (Å²) < 4.78 is 5.37. The smallest absolute Gasteiger partial charge is 0.412 e. The van der Waals surface area contributed by atoms with Gasteiger partial charge in [0.2, 0.25) is 0 Å². The van der Waals surface area contributed by atoms with E-state index in [0.717, 1.165) is 19.3 Å². The van der Waals surface area contributed by atoms with Gasteiger partial charge in [-0.2, -0.15) is 0 Å². The lowest BCUT2D eigenvalue weighted by atomic mass is 9.59. The zero-order valence-electron chi connectivity index (χ0n) is 16.0. The number of carbonyl (C=O) groups is 2. The first-order valence-electron chi connectivity index (χ1n) is 9.16. The molecule has 1 aromatic carbocycles. The first-order valence-corrected chi connectivity index (χ1v) is 9.16. The molecule has 2 rings (SSSR count). The summed E-state index contributed by atoms with van der Waals surface area (Å²) in [6, 6.07) is 8.73. The van der Waals surface area contributed by atoms with Crippen molar-refractivity contribution in [3.05, 3.63) is 30.3 Å². The van der Waals surface area contributed by atoms with Gasteiger partial charge in [-0.05, 0) is 48.6 Å². The summed E-state index contributed by atoms with van der Waals surface area (Å²) in [5, 5.41) is 14.7. The van der Waals surface area contributed by atoms with E-state index in [0.29, 0.717) is 12.2 Å². The molecule has 2 amide bonds. The molecular formula is C20H30N2O4. The third kappa shape index (κ3) is 5.38. The Labute approximate surface area is 155 Å². The number of hydrogen-bond donors (Lipinski definition) is 3. The molecule has 3 unspecified atom stereocenters. The van der Waals surface area contributed by atoms with Crippen LogP contribution in [0.2, 0.25) is 0 Å². The first-order chi connectivity index (χ1) is 12.1. The Morgan fingerprint density at radius 1 is 1.23 bits per heavy atom. The molecule has 6 heteroatoms. The Morgan fingerprint density at radius 2 is 1.88 bits per heavy atom. The molecule has 1 aliphatic carbocycles. The van der Waals surface area contributed by atoms with Gasteiger partial charge in [0, 0.05) is 12.1 Å². The van der Waals surface area contributed by atoms with Crippen molar-refractivity contribution in [3.8, 4) is 5.75 Å². The van der Waals surface area contributed by atoms with E-state index in [1.165, 1.54) is 0 Å². The van der Waals surface area contributed by atoms with Gasteiger partial charge in [0.25, 0.3) is 0 Å². The maximum Gasteiger partial charge on any atom is 0.412 e. The van der Waals surface area contributed by atoms with Crippen molar-refractivity contribution in [2.75, 3.05) is 0 Å². The molecule has 0 saturated heterocycles. The molecule has 144 valence electrons. The van der Waals surface area contributed by atoms with E-state index < -0.39 is 12.2 Å². The molecule has 0 bridgehead atoms. The number of carboxylic acid groups (broad SMARTS) is 1. The zero-order chi connectivity index (χ0) is 19.4. The quantitative estimate of drug-likeness (QED) is 0.724. The zero-order valence-corrected chi connectivity index (χ0v) is 16.0. The minimum absolute atomic E-state index is 0.0153. The Hall–Kier alpha value is -2.24. The summed E-state index contributed by atoms with van der Waals surface area (Å²) in [7, 11) is 0. The second-order valence-corrected chi connectivity index (χ2v) is 8.36. The van der Waals surface area contributed by atoms with Gasteiger partial charge in [0.15, 0.2) is 0 Å². The standard InChI is InChI=1S/C20H30N2O4/c1-5-16(22-18(25)26-15-9-7-6-8-10-15)20(4)12-14(21-17(23)24)11-19(2,3)13-20/h6-10,14,16,21H,5,11-13H2,1-4H3,(H,22,25)(H,23,24). The van der Waals surface area contributed by atoms with Gasteiger partial charge in [-0.15, -0.1) is 0 Å². The van der Waals surface area contributed by atoms with Crippen molar-refractivity contribution in [1.82, 2.24) is 10.6 Å². The average Bonchev–Trinajstić information content (AvgIpc) is 2.50. The highest BCUT2D eigenvalue weighted by molar-refractivity contribution is 5.70. The number of hydrogen-bond acceptors (Lipinski definition) is 3. The van der Waals surface area contributed by atoms with Crippen LogP contribution in [0.4, 0.5) is 9.59 Å². The van der Waals surface area contributed by atoms with E-state index in [2.05, 4.69) is 31.4 Å². The third-order valence-corrected chi connectivity index (χ3v) is 5.22. The van der Waals surface area contributed by atoms with Crippen LogP contribution in [-0.4, -0.2) is 29.4 Å². The van der Waals surface area contributed by atoms with Crippen LogP contribution in [-0.2, 0) is 0 Å². The summed E-state index contributed by atoms with van der Waals surface area (Å²) in [4.78, 5) is 23.5. The van der Waals surface area contributed by atoms with Crippen molar-refractivity contribution in [1.29, 1.82) is 0 Å². The largest absolute Gasteiger partial charge is 0.465 e. The van der Waals surface area contributed by atoms with E-state index in [1.54, 1.807) is 12.1 Å². The first kappa shape index (κ1) is 20.1. The molecule has 3 atom stereocenters. The monoisotopic (exact) mass is 362 g/mol.